The number of fused-ring (bicyclic) bond motifs is 3. The SMILES string of the molecule is Cc1cc(F)ccc1NCc1nnc2n(C)c(=O)c3ccccc3n12. The van der Waals surface area contributed by atoms with Crippen LogP contribution in [0.2, 0.25) is 0 Å². The number of para-hydroxylation sites is 1. The van der Waals surface area contributed by atoms with E-state index in [1.165, 1.54) is 16.7 Å². The maximum atomic E-state index is 13.2. The van der Waals surface area contributed by atoms with E-state index in [1.54, 1.807) is 19.2 Å². The lowest BCUT2D eigenvalue weighted by Crippen LogP contribution is -2.20. The molecular formula is C18H16FN5O. The molecule has 1 N–H and O–H groups in total. The number of rotatable bonds is 3. The fourth-order valence-electron chi connectivity index (χ4n) is 3.01. The van der Waals surface area contributed by atoms with Crippen LogP contribution >= 0.6 is 0 Å². The van der Waals surface area contributed by atoms with Gasteiger partial charge in [0.25, 0.3) is 5.56 Å². The predicted molar refractivity (Wildman–Crippen MR) is 94.2 cm³/mol. The van der Waals surface area contributed by atoms with Gasteiger partial charge in [0.15, 0.2) is 5.82 Å². The van der Waals surface area contributed by atoms with Gasteiger partial charge in [-0.05, 0) is 42.8 Å². The van der Waals surface area contributed by atoms with E-state index in [0.717, 1.165) is 16.8 Å². The van der Waals surface area contributed by atoms with Crippen LogP contribution in [-0.2, 0) is 13.6 Å². The molecule has 4 rings (SSSR count). The van der Waals surface area contributed by atoms with Crippen molar-refractivity contribution in [1.29, 1.82) is 0 Å². The van der Waals surface area contributed by atoms with Gasteiger partial charge in [0.2, 0.25) is 5.78 Å². The van der Waals surface area contributed by atoms with E-state index in [2.05, 4.69) is 15.5 Å². The molecule has 2 aromatic heterocycles. The third-order valence-corrected chi connectivity index (χ3v) is 4.32. The van der Waals surface area contributed by atoms with Crippen LogP contribution in [0, 0.1) is 12.7 Å². The molecule has 0 saturated heterocycles. The van der Waals surface area contributed by atoms with Crippen molar-refractivity contribution in [3.8, 4) is 0 Å². The van der Waals surface area contributed by atoms with Crippen LogP contribution in [0.25, 0.3) is 16.7 Å². The number of hydrogen-bond acceptors (Lipinski definition) is 4. The van der Waals surface area contributed by atoms with Crippen molar-refractivity contribution in [2.45, 2.75) is 13.5 Å². The molecule has 0 aliphatic heterocycles. The van der Waals surface area contributed by atoms with Crippen molar-refractivity contribution >= 4 is 22.4 Å². The van der Waals surface area contributed by atoms with E-state index in [1.807, 2.05) is 29.5 Å². The second kappa shape index (κ2) is 5.70. The van der Waals surface area contributed by atoms with Gasteiger partial charge in [-0.15, -0.1) is 10.2 Å². The Morgan fingerprint density at radius 1 is 1.16 bits per heavy atom. The summed E-state index contributed by atoms with van der Waals surface area (Å²) in [4.78, 5) is 12.4. The van der Waals surface area contributed by atoms with E-state index in [9.17, 15) is 9.18 Å². The molecule has 0 aliphatic rings. The third-order valence-electron chi connectivity index (χ3n) is 4.32. The number of nitrogens with zero attached hydrogens (tertiary/aromatic N) is 4. The Hall–Kier alpha value is -3.22. The summed E-state index contributed by atoms with van der Waals surface area (Å²) in [5, 5.41) is 12.2. The van der Waals surface area contributed by atoms with Gasteiger partial charge in [-0.3, -0.25) is 13.8 Å². The van der Waals surface area contributed by atoms with Gasteiger partial charge >= 0.3 is 0 Å². The maximum Gasteiger partial charge on any atom is 0.262 e. The molecule has 25 heavy (non-hydrogen) atoms. The fraction of sp³-hybridized carbons (Fsp3) is 0.167. The highest BCUT2D eigenvalue weighted by molar-refractivity contribution is 5.80. The van der Waals surface area contributed by atoms with E-state index in [0.29, 0.717) is 23.5 Å². The van der Waals surface area contributed by atoms with Crippen LogP contribution in [0.4, 0.5) is 10.1 Å². The normalized spacial score (nSPS) is 11.3. The van der Waals surface area contributed by atoms with Gasteiger partial charge in [-0.25, -0.2) is 4.39 Å². The number of benzene rings is 2. The molecule has 0 saturated carbocycles. The molecule has 4 aromatic rings. The summed E-state index contributed by atoms with van der Waals surface area (Å²) in [7, 11) is 1.68. The van der Waals surface area contributed by atoms with E-state index in [4.69, 9.17) is 0 Å². The Kier molecular flexibility index (Phi) is 3.49. The third kappa shape index (κ3) is 2.44. The predicted octanol–water partition coefficient (Wildman–Crippen LogP) is 2.64. The van der Waals surface area contributed by atoms with Crippen molar-refractivity contribution in [3.05, 3.63) is 70.0 Å². The Bertz CT molecular complexity index is 1160. The van der Waals surface area contributed by atoms with Crippen molar-refractivity contribution < 1.29 is 4.39 Å². The number of aromatic nitrogens is 4. The number of anilines is 1. The summed E-state index contributed by atoms with van der Waals surface area (Å²) in [6, 6.07) is 12.0. The summed E-state index contributed by atoms with van der Waals surface area (Å²) in [6.45, 7) is 2.24. The molecular weight excluding hydrogens is 321 g/mol. The summed E-state index contributed by atoms with van der Waals surface area (Å²) in [5.41, 5.74) is 2.29. The summed E-state index contributed by atoms with van der Waals surface area (Å²) < 4.78 is 16.6. The molecule has 6 nitrogen and oxygen atoms in total. The molecule has 0 spiro atoms. The number of aryl methyl sites for hydroxylation is 2. The monoisotopic (exact) mass is 337 g/mol. The van der Waals surface area contributed by atoms with Gasteiger partial charge in [0, 0.05) is 12.7 Å². The second-order valence-corrected chi connectivity index (χ2v) is 5.95. The Morgan fingerprint density at radius 2 is 1.96 bits per heavy atom. The lowest BCUT2D eigenvalue weighted by atomic mass is 10.2. The standard InChI is InChI=1S/C18H16FN5O/c1-11-9-12(19)7-8-14(11)20-10-16-21-22-18-23(2)17(25)13-5-3-4-6-15(13)24(16)18/h3-9,20H,10H2,1-2H3. The van der Waals surface area contributed by atoms with Gasteiger partial charge in [-0.1, -0.05) is 12.1 Å². The molecule has 0 aliphatic carbocycles. The first-order valence-electron chi connectivity index (χ1n) is 7.88. The van der Waals surface area contributed by atoms with Crippen LogP contribution < -0.4 is 10.9 Å². The quantitative estimate of drug-likeness (QED) is 0.624. The van der Waals surface area contributed by atoms with Gasteiger partial charge in [0.1, 0.15) is 5.82 Å². The highest BCUT2D eigenvalue weighted by Gasteiger charge is 2.14. The highest BCUT2D eigenvalue weighted by atomic mass is 19.1. The lowest BCUT2D eigenvalue weighted by Gasteiger charge is -2.10. The average molecular weight is 337 g/mol. The molecule has 2 aromatic carbocycles. The van der Waals surface area contributed by atoms with E-state index in [-0.39, 0.29) is 11.4 Å². The van der Waals surface area contributed by atoms with E-state index < -0.39 is 0 Å². The van der Waals surface area contributed by atoms with Crippen LogP contribution in [-0.4, -0.2) is 19.2 Å². The zero-order valence-corrected chi connectivity index (χ0v) is 13.8. The van der Waals surface area contributed by atoms with Crippen LogP contribution in [0.1, 0.15) is 11.4 Å². The fourth-order valence-corrected chi connectivity index (χ4v) is 3.01. The second-order valence-electron chi connectivity index (χ2n) is 5.95. The number of nitrogens with one attached hydrogen (secondary N) is 1. The zero-order valence-electron chi connectivity index (χ0n) is 13.8. The minimum absolute atomic E-state index is 0.107. The van der Waals surface area contributed by atoms with Crippen LogP contribution in [0.15, 0.2) is 47.3 Å². The molecule has 2 heterocycles. The topological polar surface area (TPSA) is 64.2 Å². The largest absolute Gasteiger partial charge is 0.378 e. The van der Waals surface area contributed by atoms with Gasteiger partial charge in [0.05, 0.1) is 17.4 Å². The Balaban J connectivity index is 1.82. The van der Waals surface area contributed by atoms with Crippen molar-refractivity contribution in [1.82, 2.24) is 19.2 Å². The van der Waals surface area contributed by atoms with Gasteiger partial charge in [-0.2, -0.15) is 0 Å². The summed E-state index contributed by atoms with van der Waals surface area (Å²) in [6.07, 6.45) is 0. The molecule has 0 amide bonds. The maximum absolute atomic E-state index is 13.2. The van der Waals surface area contributed by atoms with E-state index >= 15 is 0 Å². The van der Waals surface area contributed by atoms with Gasteiger partial charge < -0.3 is 5.32 Å². The molecule has 0 atom stereocenters. The number of hydrogen-bond donors (Lipinski definition) is 1. The molecule has 126 valence electrons. The summed E-state index contributed by atoms with van der Waals surface area (Å²) in [5.74, 6) is 0.888. The summed E-state index contributed by atoms with van der Waals surface area (Å²) >= 11 is 0. The first-order valence-corrected chi connectivity index (χ1v) is 7.88. The highest BCUT2D eigenvalue weighted by Crippen LogP contribution is 2.18. The first kappa shape index (κ1) is 15.3. The Labute approximate surface area is 142 Å². The minimum Gasteiger partial charge on any atom is -0.378 e. The van der Waals surface area contributed by atoms with Crippen molar-refractivity contribution in [2.75, 3.05) is 5.32 Å². The number of halogens is 1. The smallest absolute Gasteiger partial charge is 0.262 e. The van der Waals surface area contributed by atoms with Crippen LogP contribution in [0.3, 0.4) is 0 Å². The average Bonchev–Trinajstić information content (AvgIpc) is 3.03. The molecule has 0 radical (unpaired) electrons. The molecule has 0 fully saturated rings. The lowest BCUT2D eigenvalue weighted by molar-refractivity contribution is 0.627. The Morgan fingerprint density at radius 3 is 2.76 bits per heavy atom. The van der Waals surface area contributed by atoms with Crippen molar-refractivity contribution in [2.24, 2.45) is 7.05 Å². The molecule has 0 unspecified atom stereocenters. The molecule has 7 heteroatoms. The van der Waals surface area contributed by atoms with Crippen molar-refractivity contribution in [3.63, 3.8) is 0 Å². The first-order chi connectivity index (χ1) is 12.1. The van der Waals surface area contributed by atoms with Crippen LogP contribution in [0.5, 0.6) is 0 Å². The zero-order chi connectivity index (χ0) is 17.6. The molecule has 0 bridgehead atoms. The minimum atomic E-state index is -0.267.